The van der Waals surface area contributed by atoms with E-state index in [1.807, 2.05) is 30.3 Å². The van der Waals surface area contributed by atoms with Crippen LogP contribution in [-0.2, 0) is 6.54 Å². The van der Waals surface area contributed by atoms with E-state index >= 15 is 0 Å². The standard InChI is InChI=1S/C18H18N4O3/c23-14(12-22-9-5-4-8-17(22)24)11-19-18(25)16-10-15(20-21-16)13-6-2-1-3-7-13/h1-10,14,23H,11-12H2,(H,19,25)(H,20,21). The smallest absolute Gasteiger partial charge is 0.269 e. The van der Waals surface area contributed by atoms with Crippen molar-refractivity contribution in [3.8, 4) is 11.3 Å². The van der Waals surface area contributed by atoms with Crippen LogP contribution in [0.25, 0.3) is 11.3 Å². The number of carbonyl (C=O) groups excluding carboxylic acids is 1. The number of amides is 1. The number of aromatic nitrogens is 3. The van der Waals surface area contributed by atoms with Crippen molar-refractivity contribution in [3.05, 3.63) is 76.8 Å². The second kappa shape index (κ2) is 7.59. The molecule has 1 unspecified atom stereocenters. The predicted octanol–water partition coefficient (Wildman–Crippen LogP) is 1.03. The Labute approximate surface area is 143 Å². The Morgan fingerprint density at radius 2 is 1.96 bits per heavy atom. The molecule has 3 aromatic rings. The minimum atomic E-state index is -0.874. The van der Waals surface area contributed by atoms with E-state index in [-0.39, 0.29) is 24.6 Å². The number of aromatic amines is 1. The van der Waals surface area contributed by atoms with Crippen LogP contribution in [0.15, 0.2) is 65.6 Å². The molecule has 128 valence electrons. The molecule has 1 atom stereocenters. The highest BCUT2D eigenvalue weighted by Gasteiger charge is 2.13. The van der Waals surface area contributed by atoms with Crippen LogP contribution >= 0.6 is 0 Å². The van der Waals surface area contributed by atoms with Gasteiger partial charge in [0, 0.05) is 24.4 Å². The SMILES string of the molecule is O=C(NCC(O)Cn1ccccc1=O)c1cc(-c2ccccc2)n[nH]1. The number of aliphatic hydroxyl groups is 1. The van der Waals surface area contributed by atoms with Gasteiger partial charge in [-0.3, -0.25) is 14.7 Å². The third kappa shape index (κ3) is 4.21. The summed E-state index contributed by atoms with van der Waals surface area (Å²) in [6, 6.07) is 15.9. The molecule has 1 aromatic carbocycles. The monoisotopic (exact) mass is 338 g/mol. The molecule has 7 heteroatoms. The molecule has 0 fully saturated rings. The van der Waals surface area contributed by atoms with E-state index in [0.717, 1.165) is 5.56 Å². The van der Waals surface area contributed by atoms with E-state index in [4.69, 9.17) is 0 Å². The fraction of sp³-hybridized carbons (Fsp3) is 0.167. The Bertz CT molecular complexity index is 902. The van der Waals surface area contributed by atoms with Gasteiger partial charge >= 0.3 is 0 Å². The summed E-state index contributed by atoms with van der Waals surface area (Å²) in [5.74, 6) is -0.367. The maximum Gasteiger partial charge on any atom is 0.269 e. The summed E-state index contributed by atoms with van der Waals surface area (Å²) < 4.78 is 1.39. The van der Waals surface area contributed by atoms with Crippen LogP contribution in [0.4, 0.5) is 0 Å². The Hall–Kier alpha value is -3.19. The summed E-state index contributed by atoms with van der Waals surface area (Å²) in [5.41, 5.74) is 1.68. The quantitative estimate of drug-likeness (QED) is 0.625. The van der Waals surface area contributed by atoms with Crippen molar-refractivity contribution in [1.29, 1.82) is 0 Å². The van der Waals surface area contributed by atoms with Crippen LogP contribution in [-0.4, -0.2) is 38.4 Å². The second-order valence-electron chi connectivity index (χ2n) is 5.59. The van der Waals surface area contributed by atoms with Gasteiger partial charge in [0.15, 0.2) is 0 Å². The third-order valence-electron chi connectivity index (χ3n) is 3.70. The third-order valence-corrected chi connectivity index (χ3v) is 3.70. The van der Waals surface area contributed by atoms with E-state index in [2.05, 4.69) is 15.5 Å². The fourth-order valence-electron chi connectivity index (χ4n) is 2.40. The van der Waals surface area contributed by atoms with Crippen molar-refractivity contribution in [2.45, 2.75) is 12.6 Å². The zero-order chi connectivity index (χ0) is 17.6. The first-order chi connectivity index (χ1) is 12.1. The van der Waals surface area contributed by atoms with E-state index in [9.17, 15) is 14.7 Å². The minimum absolute atomic E-state index is 0.0276. The molecule has 2 aromatic heterocycles. The number of pyridine rings is 1. The molecule has 2 heterocycles. The van der Waals surface area contributed by atoms with Gasteiger partial charge in [0.1, 0.15) is 5.69 Å². The number of aliphatic hydroxyl groups excluding tert-OH is 1. The summed E-state index contributed by atoms with van der Waals surface area (Å²) >= 11 is 0. The molecule has 0 radical (unpaired) electrons. The molecular formula is C18H18N4O3. The van der Waals surface area contributed by atoms with Crippen LogP contribution in [0.5, 0.6) is 0 Å². The summed E-state index contributed by atoms with van der Waals surface area (Å²) in [6.07, 6.45) is 0.717. The van der Waals surface area contributed by atoms with Gasteiger partial charge in [-0.2, -0.15) is 5.10 Å². The van der Waals surface area contributed by atoms with Gasteiger partial charge < -0.3 is 15.0 Å². The number of hydrogen-bond donors (Lipinski definition) is 3. The first-order valence-electron chi connectivity index (χ1n) is 7.86. The fourth-order valence-corrected chi connectivity index (χ4v) is 2.40. The highest BCUT2D eigenvalue weighted by Crippen LogP contribution is 2.16. The van der Waals surface area contributed by atoms with Crippen molar-refractivity contribution in [2.24, 2.45) is 0 Å². The molecule has 25 heavy (non-hydrogen) atoms. The molecule has 3 N–H and O–H groups in total. The Morgan fingerprint density at radius 3 is 2.72 bits per heavy atom. The maximum absolute atomic E-state index is 12.2. The first-order valence-corrected chi connectivity index (χ1v) is 7.86. The molecular weight excluding hydrogens is 320 g/mol. The number of nitrogens with zero attached hydrogens (tertiary/aromatic N) is 2. The lowest BCUT2D eigenvalue weighted by atomic mass is 10.1. The van der Waals surface area contributed by atoms with Crippen molar-refractivity contribution >= 4 is 5.91 Å². The molecule has 0 spiro atoms. The van der Waals surface area contributed by atoms with Crippen molar-refractivity contribution < 1.29 is 9.90 Å². The van der Waals surface area contributed by atoms with Gasteiger partial charge in [-0.25, -0.2) is 0 Å². The Morgan fingerprint density at radius 1 is 1.20 bits per heavy atom. The molecule has 0 saturated carbocycles. The zero-order valence-electron chi connectivity index (χ0n) is 13.4. The van der Waals surface area contributed by atoms with E-state index in [0.29, 0.717) is 11.4 Å². The Kier molecular flexibility index (Phi) is 5.06. The number of hydrogen-bond acceptors (Lipinski definition) is 4. The largest absolute Gasteiger partial charge is 0.389 e. The summed E-state index contributed by atoms with van der Waals surface area (Å²) in [4.78, 5) is 23.8. The van der Waals surface area contributed by atoms with Gasteiger partial charge in [-0.05, 0) is 12.1 Å². The average Bonchev–Trinajstić information content (AvgIpc) is 3.13. The van der Waals surface area contributed by atoms with Crippen molar-refractivity contribution in [1.82, 2.24) is 20.1 Å². The second-order valence-corrected chi connectivity index (χ2v) is 5.59. The summed E-state index contributed by atoms with van der Waals surface area (Å²) in [7, 11) is 0. The molecule has 3 rings (SSSR count). The lowest BCUT2D eigenvalue weighted by Gasteiger charge is -2.12. The predicted molar refractivity (Wildman–Crippen MR) is 93.1 cm³/mol. The van der Waals surface area contributed by atoms with Gasteiger partial charge in [-0.15, -0.1) is 0 Å². The van der Waals surface area contributed by atoms with Gasteiger partial charge in [-0.1, -0.05) is 36.4 Å². The van der Waals surface area contributed by atoms with E-state index in [1.165, 1.54) is 10.6 Å². The zero-order valence-corrected chi connectivity index (χ0v) is 13.4. The number of nitrogens with one attached hydrogen (secondary N) is 2. The minimum Gasteiger partial charge on any atom is -0.389 e. The van der Waals surface area contributed by atoms with Gasteiger partial charge in [0.2, 0.25) is 0 Å². The molecule has 0 bridgehead atoms. The molecule has 1 amide bonds. The maximum atomic E-state index is 12.2. The molecule has 7 nitrogen and oxygen atoms in total. The molecule has 0 aliphatic heterocycles. The Balaban J connectivity index is 1.57. The summed E-state index contributed by atoms with van der Waals surface area (Å²) in [6.45, 7) is 0.137. The normalized spacial score (nSPS) is 11.9. The lowest BCUT2D eigenvalue weighted by molar-refractivity contribution is 0.0898. The highest BCUT2D eigenvalue weighted by molar-refractivity contribution is 5.93. The van der Waals surface area contributed by atoms with Crippen LogP contribution < -0.4 is 10.9 Å². The van der Waals surface area contributed by atoms with E-state index in [1.54, 1.807) is 24.4 Å². The number of carbonyl (C=O) groups is 1. The lowest BCUT2D eigenvalue weighted by Crippen LogP contribution is -2.36. The highest BCUT2D eigenvalue weighted by atomic mass is 16.3. The van der Waals surface area contributed by atoms with Gasteiger partial charge in [0.25, 0.3) is 11.5 Å². The summed E-state index contributed by atoms with van der Waals surface area (Å²) in [5, 5.41) is 19.4. The topological polar surface area (TPSA) is 100 Å². The molecule has 0 saturated heterocycles. The number of rotatable bonds is 6. The van der Waals surface area contributed by atoms with E-state index < -0.39 is 6.10 Å². The van der Waals surface area contributed by atoms with Crippen LogP contribution in [0.2, 0.25) is 0 Å². The average molecular weight is 338 g/mol. The van der Waals surface area contributed by atoms with Crippen LogP contribution in [0, 0.1) is 0 Å². The number of benzene rings is 1. The van der Waals surface area contributed by atoms with Crippen molar-refractivity contribution in [3.63, 3.8) is 0 Å². The van der Waals surface area contributed by atoms with Gasteiger partial charge in [0.05, 0.1) is 18.3 Å². The van der Waals surface area contributed by atoms with Crippen LogP contribution in [0.1, 0.15) is 10.5 Å². The molecule has 0 aliphatic carbocycles. The number of H-pyrrole nitrogens is 1. The van der Waals surface area contributed by atoms with Crippen LogP contribution in [0.3, 0.4) is 0 Å². The molecule has 0 aliphatic rings. The van der Waals surface area contributed by atoms with Crippen molar-refractivity contribution in [2.75, 3.05) is 6.54 Å². The first kappa shape index (κ1) is 16.7.